The van der Waals surface area contributed by atoms with Crippen molar-refractivity contribution in [1.29, 1.82) is 0 Å². The van der Waals surface area contributed by atoms with Crippen molar-refractivity contribution in [1.82, 2.24) is 10.2 Å². The van der Waals surface area contributed by atoms with Crippen LogP contribution >= 0.6 is 0 Å². The second-order valence-corrected chi connectivity index (χ2v) is 5.56. The number of carbonyl (C=O) groups is 2. The lowest BCUT2D eigenvalue weighted by molar-refractivity contribution is -0.146. The molecule has 2 amide bonds. The molecule has 1 aromatic rings. The van der Waals surface area contributed by atoms with Gasteiger partial charge < -0.3 is 15.1 Å². The normalized spacial score (nSPS) is 11.3. The Morgan fingerprint density at radius 2 is 1.75 bits per heavy atom. The minimum Gasteiger partial charge on any atom is -0.372 e. The van der Waals surface area contributed by atoms with Gasteiger partial charge in [-0.2, -0.15) is 13.2 Å². The summed E-state index contributed by atoms with van der Waals surface area (Å²) in [7, 11) is 5.50. The minimum absolute atomic E-state index is 0.0491. The van der Waals surface area contributed by atoms with Crippen molar-refractivity contribution < 1.29 is 22.8 Å². The Bertz CT molecular complexity index is 603. The highest BCUT2D eigenvalue weighted by Gasteiger charge is 2.32. The number of benzene rings is 1. The monoisotopic (exact) mass is 346 g/mol. The van der Waals surface area contributed by atoms with Crippen LogP contribution in [0.25, 0.3) is 0 Å². The maximum Gasteiger partial charge on any atom is 0.484 e. The van der Waals surface area contributed by atoms with Gasteiger partial charge in [-0.1, -0.05) is 6.07 Å². The first kappa shape index (κ1) is 19.8. The summed E-state index contributed by atoms with van der Waals surface area (Å²) in [5.41, 5.74) is 0.256. The summed E-state index contributed by atoms with van der Waals surface area (Å²) in [5, 5.41) is 3.40. The highest BCUT2D eigenvalue weighted by molar-refractivity contribution is 6.06. The number of hydrogen-bond donors (Lipinski definition) is 2. The van der Waals surface area contributed by atoms with Crippen LogP contribution in [-0.4, -0.2) is 57.2 Å². The summed E-state index contributed by atoms with van der Waals surface area (Å²) >= 11 is 0. The lowest BCUT2D eigenvalue weighted by atomic mass is 10.1. The van der Waals surface area contributed by atoms with Crippen LogP contribution in [0.4, 0.5) is 24.5 Å². The molecule has 0 aliphatic rings. The molecule has 0 spiro atoms. The van der Waals surface area contributed by atoms with Crippen molar-refractivity contribution >= 4 is 23.2 Å². The summed E-state index contributed by atoms with van der Waals surface area (Å²) < 4.78 is 37.3. The second kappa shape index (κ2) is 8.00. The Balaban J connectivity index is 3.22. The van der Waals surface area contributed by atoms with Crippen LogP contribution in [-0.2, 0) is 4.79 Å². The van der Waals surface area contributed by atoms with Crippen molar-refractivity contribution in [3.63, 3.8) is 0 Å². The van der Waals surface area contributed by atoms with Gasteiger partial charge in [0.1, 0.15) is 0 Å². The van der Waals surface area contributed by atoms with Gasteiger partial charge in [-0.25, -0.2) is 0 Å². The number of rotatable bonds is 6. The molecule has 6 nitrogen and oxygen atoms in total. The molecule has 0 atom stereocenters. The topological polar surface area (TPSA) is 64.7 Å². The zero-order chi connectivity index (χ0) is 18.5. The first-order valence-corrected chi connectivity index (χ1v) is 7.17. The smallest absolute Gasteiger partial charge is 0.372 e. The molecule has 0 unspecified atom stereocenters. The van der Waals surface area contributed by atoms with Crippen LogP contribution in [0.2, 0.25) is 0 Å². The average molecular weight is 346 g/mol. The number of halogens is 3. The Morgan fingerprint density at radius 1 is 1.12 bits per heavy atom. The van der Waals surface area contributed by atoms with Crippen molar-refractivity contribution in [2.24, 2.45) is 0 Å². The number of alkyl halides is 3. The van der Waals surface area contributed by atoms with Gasteiger partial charge in [0.05, 0.1) is 16.9 Å². The third-order valence-electron chi connectivity index (χ3n) is 3.14. The van der Waals surface area contributed by atoms with Gasteiger partial charge in [0.2, 0.25) is 5.91 Å². The van der Waals surface area contributed by atoms with E-state index in [1.165, 1.54) is 19.1 Å². The summed E-state index contributed by atoms with van der Waals surface area (Å²) in [5.74, 6) is -1.81. The fraction of sp³-hybridized carbons (Fsp3) is 0.467. The number of likely N-dealkylation sites (N-methyl/N-ethyl adjacent to an activating group) is 2. The first-order valence-electron chi connectivity index (χ1n) is 7.17. The standard InChI is InChI=1S/C15H21F3N4O2/c1-10(23)19-13-11(14(24)20-15(16,17)18)6-5-7-12(13)22(4)9-8-21(2)3/h5-7H,8-9H2,1-4H3,(H,19,23)(H,20,24). The first-order chi connectivity index (χ1) is 11.0. The molecular weight excluding hydrogens is 325 g/mol. The van der Waals surface area contributed by atoms with E-state index in [2.05, 4.69) is 5.32 Å². The van der Waals surface area contributed by atoms with Gasteiger partial charge >= 0.3 is 6.30 Å². The molecule has 0 radical (unpaired) electrons. The largest absolute Gasteiger partial charge is 0.484 e. The number of hydrogen-bond acceptors (Lipinski definition) is 4. The van der Waals surface area contributed by atoms with E-state index in [1.807, 2.05) is 19.0 Å². The van der Waals surface area contributed by atoms with Gasteiger partial charge in [-0.05, 0) is 26.2 Å². The van der Waals surface area contributed by atoms with Crippen molar-refractivity contribution in [2.75, 3.05) is 44.4 Å². The molecule has 0 aliphatic carbocycles. The molecule has 1 rings (SSSR count). The third-order valence-corrected chi connectivity index (χ3v) is 3.14. The van der Waals surface area contributed by atoms with Crippen molar-refractivity contribution in [2.45, 2.75) is 13.2 Å². The van der Waals surface area contributed by atoms with Crippen LogP contribution in [0.15, 0.2) is 18.2 Å². The van der Waals surface area contributed by atoms with E-state index in [1.54, 1.807) is 18.0 Å². The van der Waals surface area contributed by atoms with Gasteiger partial charge in [0, 0.05) is 27.1 Å². The van der Waals surface area contributed by atoms with Crippen molar-refractivity contribution in [3.8, 4) is 0 Å². The van der Waals surface area contributed by atoms with Crippen molar-refractivity contribution in [3.05, 3.63) is 23.8 Å². The maximum atomic E-state index is 12.4. The third kappa shape index (κ3) is 6.07. The number of nitrogens with one attached hydrogen (secondary N) is 2. The lowest BCUT2D eigenvalue weighted by Gasteiger charge is -2.25. The molecule has 134 valence electrons. The molecule has 0 aromatic heterocycles. The van der Waals surface area contributed by atoms with Gasteiger partial charge in [0.25, 0.3) is 5.91 Å². The van der Waals surface area contributed by atoms with Crippen LogP contribution < -0.4 is 15.5 Å². The Hall–Kier alpha value is -2.29. The van der Waals surface area contributed by atoms with E-state index in [9.17, 15) is 22.8 Å². The fourth-order valence-electron chi connectivity index (χ4n) is 2.02. The molecule has 1 aromatic carbocycles. The number of para-hydroxylation sites is 1. The molecule has 0 heterocycles. The Kier molecular flexibility index (Phi) is 6.59. The number of amides is 2. The molecule has 0 saturated carbocycles. The number of nitrogens with zero attached hydrogens (tertiary/aromatic N) is 2. The van der Waals surface area contributed by atoms with E-state index in [4.69, 9.17) is 0 Å². The van der Waals surface area contributed by atoms with Crippen LogP contribution in [0, 0.1) is 0 Å². The predicted molar refractivity (Wildman–Crippen MR) is 86.1 cm³/mol. The van der Waals surface area contributed by atoms with Crippen LogP contribution in [0.1, 0.15) is 17.3 Å². The number of anilines is 2. The molecule has 9 heteroatoms. The zero-order valence-electron chi connectivity index (χ0n) is 14.0. The van der Waals surface area contributed by atoms with E-state index in [-0.39, 0.29) is 11.3 Å². The second-order valence-electron chi connectivity index (χ2n) is 5.56. The molecule has 0 bridgehead atoms. The Morgan fingerprint density at radius 3 is 2.25 bits per heavy atom. The minimum atomic E-state index is -4.85. The van der Waals surface area contributed by atoms with Gasteiger partial charge in [-0.3, -0.25) is 14.9 Å². The summed E-state index contributed by atoms with van der Waals surface area (Å²) in [4.78, 5) is 27.0. The average Bonchev–Trinajstić information content (AvgIpc) is 2.42. The molecule has 2 N–H and O–H groups in total. The van der Waals surface area contributed by atoms with Crippen LogP contribution in [0.5, 0.6) is 0 Å². The molecule has 0 fully saturated rings. The van der Waals surface area contributed by atoms with Crippen LogP contribution in [0.3, 0.4) is 0 Å². The molecular formula is C15H21F3N4O2. The highest BCUT2D eigenvalue weighted by atomic mass is 19.4. The summed E-state index contributed by atoms with van der Waals surface area (Å²) in [6.07, 6.45) is -4.85. The lowest BCUT2D eigenvalue weighted by Crippen LogP contribution is -2.38. The molecule has 0 aliphatic heterocycles. The zero-order valence-corrected chi connectivity index (χ0v) is 14.0. The maximum absolute atomic E-state index is 12.4. The van der Waals surface area contributed by atoms with Gasteiger partial charge in [0.15, 0.2) is 0 Å². The number of carbonyl (C=O) groups excluding carboxylic acids is 2. The SMILES string of the molecule is CC(=O)Nc1c(C(=O)NC(F)(F)F)cccc1N(C)CCN(C)C. The van der Waals surface area contributed by atoms with E-state index in [0.717, 1.165) is 5.32 Å². The Labute approximate surface area is 138 Å². The quantitative estimate of drug-likeness (QED) is 0.772. The highest BCUT2D eigenvalue weighted by Crippen LogP contribution is 2.29. The summed E-state index contributed by atoms with van der Waals surface area (Å²) in [6, 6.07) is 4.33. The molecule has 24 heavy (non-hydrogen) atoms. The van der Waals surface area contributed by atoms with E-state index < -0.39 is 18.1 Å². The van der Waals surface area contributed by atoms with E-state index in [0.29, 0.717) is 18.8 Å². The molecule has 0 saturated heterocycles. The summed E-state index contributed by atoms with van der Waals surface area (Å²) in [6.45, 7) is 2.47. The fourth-order valence-corrected chi connectivity index (χ4v) is 2.02. The van der Waals surface area contributed by atoms with E-state index >= 15 is 0 Å². The predicted octanol–water partition coefficient (Wildman–Crippen LogP) is 1.89. The van der Waals surface area contributed by atoms with Gasteiger partial charge in [-0.15, -0.1) is 0 Å².